The van der Waals surface area contributed by atoms with Gasteiger partial charge in [0.05, 0.1) is 17.2 Å². The first-order valence-electron chi connectivity index (χ1n) is 8.21. The molecule has 1 heterocycles. The summed E-state index contributed by atoms with van der Waals surface area (Å²) in [5.74, 6) is -0.711. The lowest BCUT2D eigenvalue weighted by Gasteiger charge is -2.32. The van der Waals surface area contributed by atoms with Crippen molar-refractivity contribution >= 4 is 18.4 Å². The molecule has 2 aromatic carbocycles. The quantitative estimate of drug-likeness (QED) is 0.897. The standard InChI is InChI=1S/C20H20N2O2.ClH/c21-13-16-6-7-18(20(23)24)19(12-16)17-8-10-22(11-9-17)14-15-4-2-1-3-5-15;/h1-7,12,17H,8-11,14H2,(H,23,24);1H. The Hall–Kier alpha value is -2.35. The molecule has 0 amide bonds. The molecule has 1 saturated heterocycles. The average Bonchev–Trinajstić information content (AvgIpc) is 2.62. The zero-order valence-electron chi connectivity index (χ0n) is 13.9. The van der Waals surface area contributed by atoms with E-state index in [0.29, 0.717) is 11.1 Å². The molecule has 0 unspecified atom stereocenters. The molecule has 0 saturated carbocycles. The summed E-state index contributed by atoms with van der Waals surface area (Å²) in [5, 5.41) is 18.5. The molecule has 1 N–H and O–H groups in total. The number of likely N-dealkylation sites (tertiary alicyclic amines) is 1. The number of halogens is 1. The fourth-order valence-electron chi connectivity index (χ4n) is 3.41. The summed E-state index contributed by atoms with van der Waals surface area (Å²) >= 11 is 0. The minimum Gasteiger partial charge on any atom is -0.478 e. The van der Waals surface area contributed by atoms with Gasteiger partial charge in [-0.2, -0.15) is 5.26 Å². The number of rotatable bonds is 4. The Bertz CT molecular complexity index is 763. The van der Waals surface area contributed by atoms with E-state index < -0.39 is 5.97 Å². The number of hydrogen-bond acceptors (Lipinski definition) is 3. The Morgan fingerprint density at radius 2 is 1.84 bits per heavy atom. The molecule has 0 aliphatic carbocycles. The van der Waals surface area contributed by atoms with Crippen LogP contribution in [0.5, 0.6) is 0 Å². The highest BCUT2D eigenvalue weighted by molar-refractivity contribution is 5.89. The van der Waals surface area contributed by atoms with Crippen molar-refractivity contribution in [3.8, 4) is 6.07 Å². The summed E-state index contributed by atoms with van der Waals surface area (Å²) < 4.78 is 0. The number of aromatic carboxylic acids is 1. The molecule has 1 aliphatic heterocycles. The highest BCUT2D eigenvalue weighted by Gasteiger charge is 2.24. The second kappa shape index (κ2) is 8.66. The largest absolute Gasteiger partial charge is 0.478 e. The van der Waals surface area contributed by atoms with Crippen molar-refractivity contribution in [2.45, 2.75) is 25.3 Å². The van der Waals surface area contributed by atoms with Gasteiger partial charge < -0.3 is 5.11 Å². The van der Waals surface area contributed by atoms with Crippen molar-refractivity contribution in [3.63, 3.8) is 0 Å². The number of nitrogens with zero attached hydrogens (tertiary/aromatic N) is 2. The predicted octanol–water partition coefficient (Wildman–Crippen LogP) is 4.06. The minimum atomic E-state index is -0.916. The zero-order chi connectivity index (χ0) is 16.9. The van der Waals surface area contributed by atoms with Crippen LogP contribution in [0.25, 0.3) is 0 Å². The summed E-state index contributed by atoms with van der Waals surface area (Å²) in [4.78, 5) is 13.9. The third-order valence-corrected chi connectivity index (χ3v) is 4.69. The number of benzene rings is 2. The lowest BCUT2D eigenvalue weighted by Crippen LogP contribution is -2.32. The van der Waals surface area contributed by atoms with Crippen LogP contribution in [0.4, 0.5) is 0 Å². The molecule has 1 aliphatic rings. The van der Waals surface area contributed by atoms with Crippen molar-refractivity contribution in [2.24, 2.45) is 0 Å². The first-order valence-corrected chi connectivity index (χ1v) is 8.21. The van der Waals surface area contributed by atoms with Gasteiger partial charge in [0.15, 0.2) is 0 Å². The molecule has 2 aromatic rings. The maximum atomic E-state index is 11.5. The van der Waals surface area contributed by atoms with Gasteiger partial charge in [-0.1, -0.05) is 30.3 Å². The van der Waals surface area contributed by atoms with E-state index >= 15 is 0 Å². The molecular weight excluding hydrogens is 336 g/mol. The summed E-state index contributed by atoms with van der Waals surface area (Å²) in [6.07, 6.45) is 1.84. The maximum absolute atomic E-state index is 11.5. The van der Waals surface area contributed by atoms with Crippen molar-refractivity contribution in [1.82, 2.24) is 4.90 Å². The number of carboxylic acids is 1. The smallest absolute Gasteiger partial charge is 0.335 e. The van der Waals surface area contributed by atoms with E-state index in [1.165, 1.54) is 5.56 Å². The van der Waals surface area contributed by atoms with Crippen LogP contribution in [0, 0.1) is 11.3 Å². The van der Waals surface area contributed by atoms with Crippen LogP contribution in [0.3, 0.4) is 0 Å². The monoisotopic (exact) mass is 356 g/mol. The first kappa shape index (κ1) is 19.0. The average molecular weight is 357 g/mol. The van der Waals surface area contributed by atoms with Crippen LogP contribution in [-0.4, -0.2) is 29.1 Å². The Balaban J connectivity index is 0.00000225. The first-order chi connectivity index (χ1) is 11.7. The highest BCUT2D eigenvalue weighted by atomic mass is 35.5. The predicted molar refractivity (Wildman–Crippen MR) is 99.1 cm³/mol. The molecule has 0 aromatic heterocycles. The summed E-state index contributed by atoms with van der Waals surface area (Å²) in [6, 6.07) is 17.4. The molecule has 25 heavy (non-hydrogen) atoms. The van der Waals surface area contributed by atoms with Gasteiger partial charge in [-0.3, -0.25) is 4.90 Å². The second-order valence-electron chi connectivity index (χ2n) is 6.26. The molecule has 130 valence electrons. The van der Waals surface area contributed by atoms with Crippen LogP contribution in [0.1, 0.15) is 45.8 Å². The number of nitriles is 1. The van der Waals surface area contributed by atoms with Crippen molar-refractivity contribution in [3.05, 3.63) is 70.8 Å². The number of carboxylic acid groups (broad SMARTS) is 1. The molecule has 0 spiro atoms. The highest BCUT2D eigenvalue weighted by Crippen LogP contribution is 2.31. The normalized spacial score (nSPS) is 15.2. The van der Waals surface area contributed by atoms with Crippen molar-refractivity contribution in [1.29, 1.82) is 5.26 Å². The summed E-state index contributed by atoms with van der Waals surface area (Å²) in [7, 11) is 0. The Morgan fingerprint density at radius 3 is 2.44 bits per heavy atom. The van der Waals surface area contributed by atoms with Crippen LogP contribution < -0.4 is 0 Å². The van der Waals surface area contributed by atoms with Gasteiger partial charge in [0.25, 0.3) is 0 Å². The topological polar surface area (TPSA) is 64.3 Å². The van der Waals surface area contributed by atoms with Crippen LogP contribution in [-0.2, 0) is 6.54 Å². The van der Waals surface area contributed by atoms with E-state index in [2.05, 4.69) is 35.2 Å². The molecule has 4 nitrogen and oxygen atoms in total. The molecule has 0 bridgehead atoms. The van der Waals surface area contributed by atoms with E-state index in [-0.39, 0.29) is 18.3 Å². The van der Waals surface area contributed by atoms with E-state index in [4.69, 9.17) is 5.26 Å². The van der Waals surface area contributed by atoms with Gasteiger partial charge in [0, 0.05) is 6.54 Å². The van der Waals surface area contributed by atoms with Crippen molar-refractivity contribution in [2.75, 3.05) is 13.1 Å². The number of hydrogen-bond donors (Lipinski definition) is 1. The number of carbonyl (C=O) groups is 1. The molecular formula is C20H21ClN2O2. The van der Waals surface area contributed by atoms with Gasteiger partial charge in [0.2, 0.25) is 0 Å². The Kier molecular flexibility index (Phi) is 6.58. The molecule has 1 fully saturated rings. The van der Waals surface area contributed by atoms with E-state index in [9.17, 15) is 9.90 Å². The fourth-order valence-corrected chi connectivity index (χ4v) is 3.41. The summed E-state index contributed by atoms with van der Waals surface area (Å²) in [5.41, 5.74) is 2.96. The van der Waals surface area contributed by atoms with Gasteiger partial charge in [-0.05, 0) is 61.2 Å². The molecule has 0 radical (unpaired) electrons. The van der Waals surface area contributed by atoms with E-state index in [0.717, 1.165) is 38.0 Å². The second-order valence-corrected chi connectivity index (χ2v) is 6.26. The third kappa shape index (κ3) is 4.60. The van der Waals surface area contributed by atoms with Crippen LogP contribution in [0.15, 0.2) is 48.5 Å². The third-order valence-electron chi connectivity index (χ3n) is 4.69. The number of piperidine rings is 1. The van der Waals surface area contributed by atoms with Gasteiger partial charge in [0.1, 0.15) is 0 Å². The lowest BCUT2D eigenvalue weighted by atomic mass is 9.85. The SMILES string of the molecule is Cl.N#Cc1ccc(C(=O)O)c(C2CCN(Cc3ccccc3)CC2)c1. The van der Waals surface area contributed by atoms with Crippen LogP contribution in [0.2, 0.25) is 0 Å². The molecule has 3 rings (SSSR count). The summed E-state index contributed by atoms with van der Waals surface area (Å²) in [6.45, 7) is 2.81. The Labute approximate surface area is 154 Å². The van der Waals surface area contributed by atoms with E-state index in [1.54, 1.807) is 18.2 Å². The zero-order valence-corrected chi connectivity index (χ0v) is 14.7. The Morgan fingerprint density at radius 1 is 1.16 bits per heavy atom. The van der Waals surface area contributed by atoms with Crippen LogP contribution >= 0.6 is 12.4 Å². The van der Waals surface area contributed by atoms with Gasteiger partial charge in [-0.15, -0.1) is 12.4 Å². The minimum absolute atomic E-state index is 0. The lowest BCUT2D eigenvalue weighted by molar-refractivity contribution is 0.0694. The fraction of sp³-hybridized carbons (Fsp3) is 0.300. The van der Waals surface area contributed by atoms with Gasteiger partial charge >= 0.3 is 5.97 Å². The van der Waals surface area contributed by atoms with Crippen molar-refractivity contribution < 1.29 is 9.90 Å². The van der Waals surface area contributed by atoms with Gasteiger partial charge in [-0.25, -0.2) is 4.79 Å². The maximum Gasteiger partial charge on any atom is 0.335 e. The van der Waals surface area contributed by atoms with E-state index in [1.807, 2.05) is 6.07 Å². The molecule has 5 heteroatoms. The molecule has 0 atom stereocenters.